The number of rotatable bonds is 4. The van der Waals surface area contributed by atoms with Gasteiger partial charge < -0.3 is 15.6 Å². The summed E-state index contributed by atoms with van der Waals surface area (Å²) in [7, 11) is 1.66. The lowest BCUT2D eigenvalue weighted by atomic mass is 10.3. The maximum atomic E-state index is 5.09. The lowest BCUT2D eigenvalue weighted by molar-refractivity contribution is 0.415. The van der Waals surface area contributed by atoms with E-state index in [2.05, 4.69) is 26.8 Å². The molecule has 4 heteroatoms. The molecule has 2 N–H and O–H groups in total. The Balaban J connectivity index is 1.95. The summed E-state index contributed by atoms with van der Waals surface area (Å²) in [6.07, 6.45) is 0. The van der Waals surface area contributed by atoms with Crippen LogP contribution in [0.15, 0.2) is 53.0 Å². The van der Waals surface area contributed by atoms with Gasteiger partial charge in [-0.1, -0.05) is 15.9 Å². The molecule has 2 rings (SSSR count). The van der Waals surface area contributed by atoms with E-state index >= 15 is 0 Å². The second-order valence-electron chi connectivity index (χ2n) is 3.49. The van der Waals surface area contributed by atoms with Gasteiger partial charge in [0.25, 0.3) is 0 Å². The van der Waals surface area contributed by atoms with Crippen LogP contribution in [-0.2, 0) is 0 Å². The number of hydrogen-bond donors (Lipinski definition) is 2. The minimum atomic E-state index is 0.846. The summed E-state index contributed by atoms with van der Waals surface area (Å²) in [5.74, 6) is 0.846. The number of nitrogens with one attached hydrogen (secondary N) is 2. The molecule has 0 amide bonds. The molecule has 0 aliphatic rings. The molecule has 0 atom stereocenters. The van der Waals surface area contributed by atoms with Crippen molar-refractivity contribution in [1.29, 1.82) is 0 Å². The summed E-state index contributed by atoms with van der Waals surface area (Å²) in [6, 6.07) is 15.7. The van der Waals surface area contributed by atoms with E-state index in [1.165, 1.54) is 0 Å². The van der Waals surface area contributed by atoms with E-state index < -0.39 is 0 Å². The first-order chi connectivity index (χ1) is 8.28. The standard InChI is InChI=1S/C13H13BrN2O/c1-17-13-8-6-12(7-9-13)16-15-11-4-2-10(14)3-5-11/h2-9,15-16H,1H3. The van der Waals surface area contributed by atoms with E-state index in [0.29, 0.717) is 0 Å². The van der Waals surface area contributed by atoms with Gasteiger partial charge in [-0.15, -0.1) is 0 Å². The van der Waals surface area contributed by atoms with Gasteiger partial charge >= 0.3 is 0 Å². The summed E-state index contributed by atoms with van der Waals surface area (Å²) in [5, 5.41) is 0. The Hall–Kier alpha value is -1.68. The molecule has 0 unspecified atom stereocenters. The molecule has 0 spiro atoms. The molecule has 3 nitrogen and oxygen atoms in total. The van der Waals surface area contributed by atoms with Gasteiger partial charge in [0, 0.05) is 4.47 Å². The normalized spacial score (nSPS) is 9.76. The second-order valence-corrected chi connectivity index (χ2v) is 4.40. The molecule has 88 valence electrons. The largest absolute Gasteiger partial charge is 0.497 e. The van der Waals surface area contributed by atoms with Crippen molar-refractivity contribution in [2.75, 3.05) is 18.0 Å². The monoisotopic (exact) mass is 292 g/mol. The molecule has 0 saturated heterocycles. The molecule has 0 bridgehead atoms. The molecule has 0 fully saturated rings. The van der Waals surface area contributed by atoms with Crippen LogP contribution in [0.4, 0.5) is 11.4 Å². The fourth-order valence-corrected chi connectivity index (χ4v) is 1.62. The van der Waals surface area contributed by atoms with Gasteiger partial charge in [-0.25, -0.2) is 0 Å². The third-order valence-corrected chi connectivity index (χ3v) is 2.81. The van der Waals surface area contributed by atoms with Crippen LogP contribution in [-0.4, -0.2) is 7.11 Å². The van der Waals surface area contributed by atoms with Crippen molar-refractivity contribution >= 4 is 27.3 Å². The highest BCUT2D eigenvalue weighted by atomic mass is 79.9. The van der Waals surface area contributed by atoms with Crippen LogP contribution in [0.2, 0.25) is 0 Å². The van der Waals surface area contributed by atoms with Crippen molar-refractivity contribution in [2.24, 2.45) is 0 Å². The lowest BCUT2D eigenvalue weighted by Gasteiger charge is -2.10. The minimum Gasteiger partial charge on any atom is -0.497 e. The number of anilines is 2. The van der Waals surface area contributed by atoms with Crippen LogP contribution < -0.4 is 15.6 Å². The lowest BCUT2D eigenvalue weighted by Crippen LogP contribution is -2.08. The molecule has 0 aliphatic heterocycles. The first-order valence-corrected chi connectivity index (χ1v) is 5.99. The fraction of sp³-hybridized carbons (Fsp3) is 0.0769. The SMILES string of the molecule is COc1ccc(NNc2ccc(Br)cc2)cc1. The predicted molar refractivity (Wildman–Crippen MR) is 74.4 cm³/mol. The third-order valence-electron chi connectivity index (χ3n) is 2.29. The summed E-state index contributed by atoms with van der Waals surface area (Å²) in [6.45, 7) is 0. The molecule has 0 saturated carbocycles. The van der Waals surface area contributed by atoms with Gasteiger partial charge in [0.05, 0.1) is 18.5 Å². The molecule has 2 aromatic rings. The van der Waals surface area contributed by atoms with Crippen LogP contribution in [0.25, 0.3) is 0 Å². The van der Waals surface area contributed by atoms with Gasteiger partial charge in [0.1, 0.15) is 5.75 Å². The van der Waals surface area contributed by atoms with Crippen molar-refractivity contribution in [1.82, 2.24) is 0 Å². The minimum absolute atomic E-state index is 0.846. The van der Waals surface area contributed by atoms with Crippen LogP contribution in [0.1, 0.15) is 0 Å². The Morgan fingerprint density at radius 1 is 0.824 bits per heavy atom. The number of benzene rings is 2. The van der Waals surface area contributed by atoms with Crippen LogP contribution in [0, 0.1) is 0 Å². The van der Waals surface area contributed by atoms with E-state index in [0.717, 1.165) is 21.6 Å². The Labute approximate surface area is 109 Å². The van der Waals surface area contributed by atoms with Gasteiger partial charge in [-0.05, 0) is 48.5 Å². The first kappa shape index (κ1) is 11.8. The van der Waals surface area contributed by atoms with Crippen LogP contribution >= 0.6 is 15.9 Å². The highest BCUT2D eigenvalue weighted by Crippen LogP contribution is 2.17. The summed E-state index contributed by atoms with van der Waals surface area (Å²) in [5.41, 5.74) is 8.21. The zero-order valence-corrected chi connectivity index (χ0v) is 11.0. The fourth-order valence-electron chi connectivity index (χ4n) is 1.35. The molecule has 0 radical (unpaired) electrons. The Bertz CT molecular complexity index is 468. The Morgan fingerprint density at radius 3 is 1.76 bits per heavy atom. The number of ether oxygens (including phenoxy) is 1. The maximum Gasteiger partial charge on any atom is 0.119 e. The maximum absolute atomic E-state index is 5.09. The summed E-state index contributed by atoms with van der Waals surface area (Å²) >= 11 is 3.40. The first-order valence-electron chi connectivity index (χ1n) is 5.19. The smallest absolute Gasteiger partial charge is 0.119 e. The van der Waals surface area contributed by atoms with Crippen molar-refractivity contribution in [3.8, 4) is 5.75 Å². The van der Waals surface area contributed by atoms with Crippen molar-refractivity contribution < 1.29 is 4.74 Å². The van der Waals surface area contributed by atoms with Crippen molar-refractivity contribution in [3.05, 3.63) is 53.0 Å². The number of hydrogen-bond acceptors (Lipinski definition) is 3. The van der Waals surface area contributed by atoms with Crippen molar-refractivity contribution in [2.45, 2.75) is 0 Å². The molecule has 17 heavy (non-hydrogen) atoms. The van der Waals surface area contributed by atoms with Crippen LogP contribution in [0.3, 0.4) is 0 Å². The molecular weight excluding hydrogens is 280 g/mol. The third kappa shape index (κ3) is 3.39. The number of halogens is 1. The zero-order valence-electron chi connectivity index (χ0n) is 9.41. The molecule has 0 aromatic heterocycles. The summed E-state index contributed by atoms with van der Waals surface area (Å²) < 4.78 is 6.15. The molecule has 2 aromatic carbocycles. The van der Waals surface area contributed by atoms with E-state index in [1.807, 2.05) is 48.5 Å². The van der Waals surface area contributed by atoms with E-state index in [-0.39, 0.29) is 0 Å². The van der Waals surface area contributed by atoms with E-state index in [9.17, 15) is 0 Å². The number of methoxy groups -OCH3 is 1. The van der Waals surface area contributed by atoms with Crippen molar-refractivity contribution in [3.63, 3.8) is 0 Å². The zero-order chi connectivity index (χ0) is 12.1. The van der Waals surface area contributed by atoms with Gasteiger partial charge in [0.15, 0.2) is 0 Å². The predicted octanol–water partition coefficient (Wildman–Crippen LogP) is 3.90. The highest BCUT2D eigenvalue weighted by molar-refractivity contribution is 9.10. The van der Waals surface area contributed by atoms with Gasteiger partial charge in [-0.2, -0.15) is 0 Å². The van der Waals surface area contributed by atoms with Gasteiger partial charge in [-0.3, -0.25) is 0 Å². The van der Waals surface area contributed by atoms with Crippen LogP contribution in [0.5, 0.6) is 5.75 Å². The topological polar surface area (TPSA) is 33.3 Å². The highest BCUT2D eigenvalue weighted by Gasteiger charge is 1.94. The molecular formula is C13H13BrN2O. The quantitative estimate of drug-likeness (QED) is 0.839. The molecule has 0 aliphatic carbocycles. The molecule has 0 heterocycles. The van der Waals surface area contributed by atoms with Gasteiger partial charge in [0.2, 0.25) is 0 Å². The Kier molecular flexibility index (Phi) is 3.88. The van der Waals surface area contributed by atoms with E-state index in [1.54, 1.807) is 7.11 Å². The number of hydrazine groups is 1. The average Bonchev–Trinajstić information content (AvgIpc) is 2.39. The Morgan fingerprint density at radius 2 is 1.29 bits per heavy atom. The summed E-state index contributed by atoms with van der Waals surface area (Å²) in [4.78, 5) is 0. The average molecular weight is 293 g/mol. The van der Waals surface area contributed by atoms with E-state index in [4.69, 9.17) is 4.74 Å². The second kappa shape index (κ2) is 5.59.